The van der Waals surface area contributed by atoms with E-state index < -0.39 is 0 Å². The second-order valence-corrected chi connectivity index (χ2v) is 8.48. The van der Waals surface area contributed by atoms with Crippen LogP contribution in [0, 0.1) is 6.92 Å². The first-order valence-electron chi connectivity index (χ1n) is 11.9. The van der Waals surface area contributed by atoms with Crippen molar-refractivity contribution in [3.05, 3.63) is 102 Å². The number of ether oxygens (including phenoxy) is 1. The maximum atomic E-state index is 12.9. The van der Waals surface area contributed by atoms with Crippen molar-refractivity contribution < 1.29 is 9.53 Å². The van der Waals surface area contributed by atoms with Crippen molar-refractivity contribution in [3.63, 3.8) is 0 Å². The Morgan fingerprint density at radius 3 is 2.72 bits per heavy atom. The van der Waals surface area contributed by atoms with Crippen molar-refractivity contribution in [2.75, 3.05) is 0 Å². The predicted octanol–water partition coefficient (Wildman–Crippen LogP) is 5.19. The fourth-order valence-electron chi connectivity index (χ4n) is 4.00. The summed E-state index contributed by atoms with van der Waals surface area (Å²) in [5.74, 6) is 1.12. The summed E-state index contributed by atoms with van der Waals surface area (Å²) < 4.78 is 8.06. The molecule has 0 aliphatic rings. The van der Waals surface area contributed by atoms with Crippen LogP contribution < -0.4 is 10.1 Å². The number of carbonyl (C=O) groups excluding carboxylic acids is 1. The number of fused-ring (bicyclic) bond motifs is 1. The van der Waals surface area contributed by atoms with Crippen LogP contribution in [0.4, 0.5) is 0 Å². The van der Waals surface area contributed by atoms with Gasteiger partial charge in [-0.2, -0.15) is 0 Å². The summed E-state index contributed by atoms with van der Waals surface area (Å²) in [7, 11) is 0. The lowest BCUT2D eigenvalue weighted by atomic mass is 10.1. The molecule has 0 spiro atoms. The third-order valence-corrected chi connectivity index (χ3v) is 5.95. The molecule has 0 atom stereocenters. The summed E-state index contributed by atoms with van der Waals surface area (Å²) >= 11 is 0. The fourth-order valence-corrected chi connectivity index (χ4v) is 4.00. The molecule has 3 aromatic heterocycles. The second kappa shape index (κ2) is 10.4. The number of pyridine rings is 2. The number of aryl methyl sites for hydroxylation is 1. The molecule has 0 fully saturated rings. The van der Waals surface area contributed by atoms with Crippen LogP contribution in [-0.2, 0) is 13.0 Å². The third kappa shape index (κ3) is 4.93. The number of hydrogen-bond donors (Lipinski definition) is 1. The monoisotopic (exact) mass is 478 g/mol. The van der Waals surface area contributed by atoms with Gasteiger partial charge in [0.05, 0.1) is 23.1 Å². The van der Waals surface area contributed by atoms with Gasteiger partial charge in [-0.3, -0.25) is 14.8 Å². The van der Waals surface area contributed by atoms with Gasteiger partial charge in [-0.05, 0) is 67.4 Å². The first kappa shape index (κ1) is 23.2. The Bertz CT molecular complexity index is 1510. The molecule has 1 N–H and O–H groups in total. The van der Waals surface area contributed by atoms with E-state index in [9.17, 15) is 4.79 Å². The van der Waals surface area contributed by atoms with Gasteiger partial charge in [0.1, 0.15) is 11.5 Å². The number of rotatable bonds is 8. The molecule has 5 aromatic rings. The van der Waals surface area contributed by atoms with E-state index in [1.54, 1.807) is 29.3 Å². The number of carbonyl (C=O) groups is 1. The minimum Gasteiger partial charge on any atom is -0.456 e. The van der Waals surface area contributed by atoms with E-state index in [0.29, 0.717) is 23.6 Å². The van der Waals surface area contributed by atoms with Crippen LogP contribution in [0.3, 0.4) is 0 Å². The highest BCUT2D eigenvalue weighted by Crippen LogP contribution is 2.32. The maximum Gasteiger partial charge on any atom is 0.251 e. The van der Waals surface area contributed by atoms with E-state index in [0.717, 1.165) is 46.3 Å². The van der Waals surface area contributed by atoms with Crippen LogP contribution in [0.1, 0.15) is 40.5 Å². The number of nitrogens with zero attached hydrogens (tertiary/aromatic N) is 5. The van der Waals surface area contributed by atoms with Crippen molar-refractivity contribution in [1.29, 1.82) is 0 Å². The number of aromatic nitrogens is 5. The standard InChI is InChI=1S/C28H26N6O2/c1-3-5-21-18-34(33-32-21)22-8-9-24-25(16-22)30-15-12-27(24)36-26-7-4-6-23(19(26)2)28(35)31-17-20-10-13-29-14-11-20/h4,6-16,18H,3,5,17H2,1-2H3,(H,31,35). The van der Waals surface area contributed by atoms with E-state index in [1.807, 2.05) is 61.7 Å². The first-order valence-corrected chi connectivity index (χ1v) is 11.9. The normalized spacial score (nSPS) is 10.9. The average Bonchev–Trinajstić information content (AvgIpc) is 3.38. The van der Waals surface area contributed by atoms with Gasteiger partial charge in [-0.1, -0.05) is 24.6 Å². The molecular weight excluding hydrogens is 452 g/mol. The van der Waals surface area contributed by atoms with Gasteiger partial charge in [0, 0.05) is 41.6 Å². The lowest BCUT2D eigenvalue weighted by Crippen LogP contribution is -2.23. The summed E-state index contributed by atoms with van der Waals surface area (Å²) in [6.45, 7) is 4.43. The van der Waals surface area contributed by atoms with Gasteiger partial charge in [0.15, 0.2) is 0 Å². The number of hydrogen-bond acceptors (Lipinski definition) is 6. The maximum absolute atomic E-state index is 12.9. The van der Waals surface area contributed by atoms with Crippen LogP contribution >= 0.6 is 0 Å². The summed E-state index contributed by atoms with van der Waals surface area (Å²) in [6, 6.07) is 17.0. The summed E-state index contributed by atoms with van der Waals surface area (Å²) in [4.78, 5) is 21.4. The molecule has 0 unspecified atom stereocenters. The van der Waals surface area contributed by atoms with Crippen molar-refractivity contribution in [1.82, 2.24) is 30.3 Å². The number of benzene rings is 2. The molecule has 0 saturated heterocycles. The zero-order chi connectivity index (χ0) is 24.9. The highest BCUT2D eigenvalue weighted by Gasteiger charge is 2.14. The van der Waals surface area contributed by atoms with Gasteiger partial charge in [0.2, 0.25) is 0 Å². The zero-order valence-corrected chi connectivity index (χ0v) is 20.2. The highest BCUT2D eigenvalue weighted by atomic mass is 16.5. The Morgan fingerprint density at radius 1 is 1.03 bits per heavy atom. The smallest absolute Gasteiger partial charge is 0.251 e. The van der Waals surface area contributed by atoms with Crippen LogP contribution in [0.5, 0.6) is 11.5 Å². The van der Waals surface area contributed by atoms with Crippen LogP contribution in [0.2, 0.25) is 0 Å². The van der Waals surface area contributed by atoms with Crippen molar-refractivity contribution in [3.8, 4) is 17.2 Å². The lowest BCUT2D eigenvalue weighted by molar-refractivity contribution is 0.0950. The zero-order valence-electron chi connectivity index (χ0n) is 20.2. The Labute approximate surface area is 209 Å². The van der Waals surface area contributed by atoms with E-state index >= 15 is 0 Å². The third-order valence-electron chi connectivity index (χ3n) is 5.95. The van der Waals surface area contributed by atoms with Crippen LogP contribution in [-0.4, -0.2) is 30.9 Å². The molecule has 0 aliphatic heterocycles. The van der Waals surface area contributed by atoms with E-state index in [4.69, 9.17) is 4.74 Å². The van der Waals surface area contributed by atoms with Crippen molar-refractivity contribution in [2.45, 2.75) is 33.2 Å². The minimum absolute atomic E-state index is 0.158. The molecule has 0 bridgehead atoms. The topological polar surface area (TPSA) is 94.8 Å². The number of nitrogens with one attached hydrogen (secondary N) is 1. The molecular formula is C28H26N6O2. The molecule has 0 saturated carbocycles. The molecule has 180 valence electrons. The SMILES string of the molecule is CCCc1cn(-c2ccc3c(Oc4cccc(C(=O)NCc5ccncc5)c4C)ccnc3c2)nn1. The molecule has 0 aliphatic carbocycles. The summed E-state index contributed by atoms with van der Waals surface area (Å²) in [5.41, 5.74) is 4.93. The lowest BCUT2D eigenvalue weighted by Gasteiger charge is -2.14. The average molecular weight is 479 g/mol. The van der Waals surface area contributed by atoms with E-state index in [2.05, 4.69) is 32.5 Å². The first-order chi connectivity index (χ1) is 17.6. The quantitative estimate of drug-likeness (QED) is 0.330. The highest BCUT2D eigenvalue weighted by molar-refractivity contribution is 5.96. The van der Waals surface area contributed by atoms with Crippen molar-refractivity contribution >= 4 is 16.8 Å². The molecule has 5 rings (SSSR count). The Hall–Kier alpha value is -4.59. The van der Waals surface area contributed by atoms with Crippen LogP contribution in [0.15, 0.2) is 79.4 Å². The molecule has 36 heavy (non-hydrogen) atoms. The van der Waals surface area contributed by atoms with Gasteiger partial charge in [-0.15, -0.1) is 5.10 Å². The van der Waals surface area contributed by atoms with Crippen molar-refractivity contribution in [2.24, 2.45) is 0 Å². The number of amides is 1. The Balaban J connectivity index is 1.38. The molecule has 8 nitrogen and oxygen atoms in total. The van der Waals surface area contributed by atoms with Gasteiger partial charge < -0.3 is 10.1 Å². The van der Waals surface area contributed by atoms with Gasteiger partial charge >= 0.3 is 0 Å². The molecule has 0 radical (unpaired) electrons. The second-order valence-electron chi connectivity index (χ2n) is 8.48. The largest absolute Gasteiger partial charge is 0.456 e. The van der Waals surface area contributed by atoms with E-state index in [1.165, 1.54) is 0 Å². The molecule has 3 heterocycles. The predicted molar refractivity (Wildman–Crippen MR) is 137 cm³/mol. The summed E-state index contributed by atoms with van der Waals surface area (Å²) in [6.07, 6.45) is 8.98. The molecule has 8 heteroatoms. The van der Waals surface area contributed by atoms with Gasteiger partial charge in [0.25, 0.3) is 5.91 Å². The summed E-state index contributed by atoms with van der Waals surface area (Å²) in [5, 5.41) is 12.3. The van der Waals surface area contributed by atoms with Gasteiger partial charge in [-0.25, -0.2) is 4.68 Å². The molecule has 1 amide bonds. The minimum atomic E-state index is -0.158. The fraction of sp³-hybridized carbons (Fsp3) is 0.179. The Kier molecular flexibility index (Phi) is 6.66. The Morgan fingerprint density at radius 2 is 1.89 bits per heavy atom. The molecule has 2 aromatic carbocycles. The van der Waals surface area contributed by atoms with E-state index in [-0.39, 0.29) is 5.91 Å². The van der Waals surface area contributed by atoms with Crippen LogP contribution in [0.25, 0.3) is 16.6 Å².